The van der Waals surface area contributed by atoms with Gasteiger partial charge >= 0.3 is 11.8 Å². The van der Waals surface area contributed by atoms with Gasteiger partial charge in [0.15, 0.2) is 0 Å². The molecule has 0 aliphatic rings. The van der Waals surface area contributed by atoms with Gasteiger partial charge in [-0.15, -0.1) is 0 Å². The Morgan fingerprint density at radius 1 is 0.968 bits per heavy atom. The van der Waals surface area contributed by atoms with Gasteiger partial charge in [-0.2, -0.15) is 5.10 Å². The van der Waals surface area contributed by atoms with Crippen LogP contribution in [0.3, 0.4) is 0 Å². The first-order valence-electron chi connectivity index (χ1n) is 9.74. The van der Waals surface area contributed by atoms with Crippen LogP contribution in [0.1, 0.15) is 23.6 Å². The third-order valence-corrected chi connectivity index (χ3v) is 4.40. The van der Waals surface area contributed by atoms with Crippen molar-refractivity contribution in [2.24, 2.45) is 5.10 Å². The summed E-state index contributed by atoms with van der Waals surface area (Å²) in [5, 5.41) is 6.35. The zero-order valence-corrected chi connectivity index (χ0v) is 17.0. The Labute approximate surface area is 179 Å². The summed E-state index contributed by atoms with van der Waals surface area (Å²) in [4.78, 5) is 24.0. The van der Waals surface area contributed by atoms with Crippen molar-refractivity contribution in [1.29, 1.82) is 0 Å². The molecule has 2 amide bonds. The van der Waals surface area contributed by atoms with Crippen LogP contribution in [0, 0.1) is 5.82 Å². The van der Waals surface area contributed by atoms with E-state index in [4.69, 9.17) is 4.74 Å². The largest absolute Gasteiger partial charge is 0.488 e. The number of halogens is 1. The van der Waals surface area contributed by atoms with Gasteiger partial charge in [-0.05, 0) is 53.9 Å². The van der Waals surface area contributed by atoms with E-state index in [2.05, 4.69) is 15.8 Å². The molecule has 0 bridgehead atoms. The first-order valence-corrected chi connectivity index (χ1v) is 9.74. The highest BCUT2D eigenvalue weighted by molar-refractivity contribution is 6.39. The maximum absolute atomic E-state index is 13.3. The second-order valence-corrected chi connectivity index (χ2v) is 6.66. The molecular weight excluding hydrogens is 397 g/mol. The fourth-order valence-electron chi connectivity index (χ4n) is 2.73. The van der Waals surface area contributed by atoms with Crippen LogP contribution < -0.4 is 15.5 Å². The molecule has 3 rings (SSSR count). The second-order valence-electron chi connectivity index (χ2n) is 6.66. The normalized spacial score (nSPS) is 10.6. The maximum Gasteiger partial charge on any atom is 0.329 e. The first kappa shape index (κ1) is 21.7. The van der Waals surface area contributed by atoms with Crippen molar-refractivity contribution in [1.82, 2.24) is 5.43 Å². The van der Waals surface area contributed by atoms with E-state index in [1.54, 1.807) is 48.5 Å². The monoisotopic (exact) mass is 419 g/mol. The number of hydrogen-bond donors (Lipinski definition) is 2. The van der Waals surface area contributed by atoms with Crippen LogP contribution in [0.15, 0.2) is 77.9 Å². The lowest BCUT2D eigenvalue weighted by atomic mass is 10.1. The third kappa shape index (κ3) is 6.50. The molecule has 0 saturated carbocycles. The number of rotatable bonds is 7. The fraction of sp³-hybridized carbons (Fsp3) is 0.125. The molecule has 0 spiro atoms. The van der Waals surface area contributed by atoms with Crippen LogP contribution in [0.5, 0.6) is 5.75 Å². The zero-order chi connectivity index (χ0) is 22.1. The van der Waals surface area contributed by atoms with E-state index in [0.717, 1.165) is 12.0 Å². The number of aryl methyl sites for hydroxylation is 1. The van der Waals surface area contributed by atoms with Gasteiger partial charge in [-0.1, -0.05) is 43.3 Å². The number of anilines is 1. The predicted octanol–water partition coefficient (Wildman–Crippen LogP) is 4.06. The predicted molar refractivity (Wildman–Crippen MR) is 117 cm³/mol. The average Bonchev–Trinajstić information content (AvgIpc) is 2.79. The lowest BCUT2D eigenvalue weighted by Crippen LogP contribution is -2.32. The smallest absolute Gasteiger partial charge is 0.329 e. The van der Waals surface area contributed by atoms with Crippen molar-refractivity contribution >= 4 is 23.7 Å². The van der Waals surface area contributed by atoms with Crippen molar-refractivity contribution < 1.29 is 18.7 Å². The van der Waals surface area contributed by atoms with Gasteiger partial charge in [-0.3, -0.25) is 9.59 Å². The Balaban J connectivity index is 1.56. The number of hydrogen-bond acceptors (Lipinski definition) is 4. The fourth-order valence-corrected chi connectivity index (χ4v) is 2.73. The van der Waals surface area contributed by atoms with Gasteiger partial charge in [-0.25, -0.2) is 9.82 Å². The molecule has 0 aliphatic heterocycles. The van der Waals surface area contributed by atoms with Crippen LogP contribution in [0.2, 0.25) is 0 Å². The second kappa shape index (κ2) is 10.7. The van der Waals surface area contributed by atoms with Crippen molar-refractivity contribution in [3.05, 3.63) is 95.3 Å². The van der Waals surface area contributed by atoms with Crippen LogP contribution in [-0.2, 0) is 22.6 Å². The van der Waals surface area contributed by atoms with E-state index in [1.807, 2.05) is 19.1 Å². The van der Waals surface area contributed by atoms with Crippen molar-refractivity contribution in [3.8, 4) is 5.75 Å². The number of benzene rings is 3. The van der Waals surface area contributed by atoms with E-state index in [0.29, 0.717) is 22.6 Å². The van der Waals surface area contributed by atoms with Gasteiger partial charge in [0.25, 0.3) is 0 Å². The third-order valence-electron chi connectivity index (χ3n) is 4.40. The van der Waals surface area contributed by atoms with Gasteiger partial charge < -0.3 is 10.1 Å². The quantitative estimate of drug-likeness (QED) is 0.344. The molecule has 7 heteroatoms. The van der Waals surface area contributed by atoms with Gasteiger partial charge in [0.2, 0.25) is 0 Å². The summed E-state index contributed by atoms with van der Waals surface area (Å²) in [7, 11) is 0. The molecular formula is C24H22FN3O3. The molecule has 0 aliphatic carbocycles. The molecule has 0 heterocycles. The molecule has 3 aromatic rings. The molecule has 3 aromatic carbocycles. The van der Waals surface area contributed by atoms with Crippen molar-refractivity contribution in [2.45, 2.75) is 20.0 Å². The summed E-state index contributed by atoms with van der Waals surface area (Å²) < 4.78 is 19.0. The Morgan fingerprint density at radius 2 is 1.74 bits per heavy atom. The standard InChI is InChI=1S/C24H22FN3O3/c1-2-17-10-12-21(13-11-17)27-23(29)24(30)28-26-15-19-7-3-4-9-22(19)31-16-18-6-5-8-20(25)14-18/h3-15H,2,16H2,1H3,(H,27,29)(H,28,30)/b26-15-. The Morgan fingerprint density at radius 3 is 2.48 bits per heavy atom. The SMILES string of the molecule is CCc1ccc(NC(=O)C(=O)N/N=C\c2ccccc2OCc2cccc(F)c2)cc1. The van der Waals surface area contributed by atoms with E-state index < -0.39 is 11.8 Å². The van der Waals surface area contributed by atoms with Gasteiger partial charge in [0.1, 0.15) is 18.2 Å². The van der Waals surface area contributed by atoms with E-state index in [9.17, 15) is 14.0 Å². The zero-order valence-electron chi connectivity index (χ0n) is 17.0. The lowest BCUT2D eigenvalue weighted by molar-refractivity contribution is -0.136. The number of ether oxygens (including phenoxy) is 1. The molecule has 0 saturated heterocycles. The molecule has 158 valence electrons. The van der Waals surface area contributed by atoms with Gasteiger partial charge in [0.05, 0.1) is 6.21 Å². The summed E-state index contributed by atoms with van der Waals surface area (Å²) in [5.41, 5.74) is 5.13. The number of carbonyl (C=O) groups excluding carboxylic acids is 2. The summed E-state index contributed by atoms with van der Waals surface area (Å²) in [6.45, 7) is 2.21. The summed E-state index contributed by atoms with van der Waals surface area (Å²) in [5.74, 6) is -1.55. The minimum absolute atomic E-state index is 0.175. The number of carbonyl (C=O) groups is 2. The minimum atomic E-state index is -0.894. The topological polar surface area (TPSA) is 79.8 Å². The lowest BCUT2D eigenvalue weighted by Gasteiger charge is -2.09. The molecule has 2 N–H and O–H groups in total. The number of nitrogens with zero attached hydrogens (tertiary/aromatic N) is 1. The van der Waals surface area contributed by atoms with Crippen LogP contribution in [0.4, 0.5) is 10.1 Å². The average molecular weight is 419 g/mol. The Kier molecular flexibility index (Phi) is 7.48. The minimum Gasteiger partial charge on any atom is -0.488 e. The highest BCUT2D eigenvalue weighted by atomic mass is 19.1. The molecule has 0 unspecified atom stereocenters. The summed E-state index contributed by atoms with van der Waals surface area (Å²) >= 11 is 0. The molecule has 0 aromatic heterocycles. The van der Waals surface area contributed by atoms with Crippen molar-refractivity contribution in [3.63, 3.8) is 0 Å². The number of hydrazone groups is 1. The Bertz CT molecular complexity index is 1080. The van der Waals surface area contributed by atoms with Crippen molar-refractivity contribution in [2.75, 3.05) is 5.32 Å². The van der Waals surface area contributed by atoms with E-state index in [-0.39, 0.29) is 12.4 Å². The van der Waals surface area contributed by atoms with E-state index in [1.165, 1.54) is 18.3 Å². The molecule has 0 atom stereocenters. The van der Waals surface area contributed by atoms with E-state index >= 15 is 0 Å². The number of para-hydroxylation sites is 1. The summed E-state index contributed by atoms with van der Waals surface area (Å²) in [6.07, 6.45) is 2.26. The molecule has 0 fully saturated rings. The maximum atomic E-state index is 13.3. The highest BCUT2D eigenvalue weighted by Crippen LogP contribution is 2.18. The number of amides is 2. The highest BCUT2D eigenvalue weighted by Gasteiger charge is 2.13. The summed E-state index contributed by atoms with van der Waals surface area (Å²) in [6, 6.07) is 20.4. The molecule has 0 radical (unpaired) electrons. The molecule has 6 nitrogen and oxygen atoms in total. The molecule has 31 heavy (non-hydrogen) atoms. The van der Waals surface area contributed by atoms with Crippen LogP contribution in [0.25, 0.3) is 0 Å². The van der Waals surface area contributed by atoms with Crippen LogP contribution in [-0.4, -0.2) is 18.0 Å². The Hall–Kier alpha value is -4.00. The van der Waals surface area contributed by atoms with Crippen LogP contribution >= 0.6 is 0 Å². The number of nitrogens with one attached hydrogen (secondary N) is 2. The van der Waals surface area contributed by atoms with Gasteiger partial charge in [0, 0.05) is 11.3 Å². The first-order chi connectivity index (χ1) is 15.0.